The topological polar surface area (TPSA) is 40.7 Å². The molecule has 0 spiro atoms. The van der Waals surface area contributed by atoms with E-state index >= 15 is 0 Å². The molecule has 0 unspecified atom stereocenters. The second kappa shape index (κ2) is 6.75. The summed E-state index contributed by atoms with van der Waals surface area (Å²) in [7, 11) is 0. The highest BCUT2D eigenvalue weighted by Gasteiger charge is 2.08. The van der Waals surface area contributed by atoms with Crippen molar-refractivity contribution in [1.29, 1.82) is 0 Å². The van der Waals surface area contributed by atoms with Crippen LogP contribution in [0.15, 0.2) is 18.2 Å². The molecule has 1 aromatic carbocycles. The number of imidazole rings is 1. The van der Waals surface area contributed by atoms with E-state index in [-0.39, 0.29) is 5.82 Å². The Kier molecular flexibility index (Phi) is 5.01. The van der Waals surface area contributed by atoms with E-state index in [2.05, 4.69) is 22.2 Å². The van der Waals surface area contributed by atoms with Crippen LogP contribution >= 0.6 is 11.6 Å². The Hall–Kier alpha value is -1.55. The SMILES string of the molecule is CCCCc1nc(Cl)c(CNc2cc(C)cc(F)c2)[nH]1. The van der Waals surface area contributed by atoms with Gasteiger partial charge in [0.1, 0.15) is 11.6 Å². The Balaban J connectivity index is 2.01. The number of benzene rings is 1. The second-order valence-electron chi connectivity index (χ2n) is 4.93. The average Bonchev–Trinajstić information content (AvgIpc) is 2.73. The number of nitrogens with zero attached hydrogens (tertiary/aromatic N) is 1. The summed E-state index contributed by atoms with van der Waals surface area (Å²) in [5.41, 5.74) is 2.45. The smallest absolute Gasteiger partial charge is 0.152 e. The van der Waals surface area contributed by atoms with E-state index in [1.165, 1.54) is 12.1 Å². The van der Waals surface area contributed by atoms with Crippen molar-refractivity contribution in [3.05, 3.63) is 46.3 Å². The number of hydrogen-bond acceptors (Lipinski definition) is 2. The third-order valence-corrected chi connectivity index (χ3v) is 3.37. The number of unbranched alkanes of at least 4 members (excludes halogenated alkanes) is 1. The Morgan fingerprint density at radius 1 is 1.35 bits per heavy atom. The Morgan fingerprint density at radius 2 is 2.15 bits per heavy atom. The van der Waals surface area contributed by atoms with Gasteiger partial charge in [-0.1, -0.05) is 24.9 Å². The normalized spacial score (nSPS) is 10.8. The molecule has 0 saturated heterocycles. The molecule has 1 heterocycles. The van der Waals surface area contributed by atoms with Crippen LogP contribution in [0.25, 0.3) is 0 Å². The minimum atomic E-state index is -0.244. The molecule has 0 aliphatic carbocycles. The first kappa shape index (κ1) is 14.9. The lowest BCUT2D eigenvalue weighted by atomic mass is 10.2. The molecular formula is C15H19ClFN3. The first-order valence-electron chi connectivity index (χ1n) is 6.82. The quantitative estimate of drug-likeness (QED) is 0.826. The van der Waals surface area contributed by atoms with Crippen LogP contribution in [-0.4, -0.2) is 9.97 Å². The first-order valence-corrected chi connectivity index (χ1v) is 7.20. The molecule has 5 heteroatoms. The zero-order valence-corrected chi connectivity index (χ0v) is 12.5. The number of aryl methyl sites for hydroxylation is 2. The van der Waals surface area contributed by atoms with Crippen molar-refractivity contribution in [3.8, 4) is 0 Å². The van der Waals surface area contributed by atoms with Crippen molar-refractivity contribution in [2.24, 2.45) is 0 Å². The van der Waals surface area contributed by atoms with Gasteiger partial charge in [0.2, 0.25) is 0 Å². The van der Waals surface area contributed by atoms with Crippen molar-refractivity contribution in [3.63, 3.8) is 0 Å². The van der Waals surface area contributed by atoms with Gasteiger partial charge in [-0.3, -0.25) is 0 Å². The molecule has 0 amide bonds. The highest BCUT2D eigenvalue weighted by atomic mass is 35.5. The van der Waals surface area contributed by atoms with Gasteiger partial charge >= 0.3 is 0 Å². The van der Waals surface area contributed by atoms with Crippen LogP contribution in [0.1, 0.15) is 36.8 Å². The third kappa shape index (κ3) is 3.97. The molecule has 0 atom stereocenters. The molecule has 0 fully saturated rings. The summed E-state index contributed by atoms with van der Waals surface area (Å²) >= 11 is 6.10. The number of halogens is 2. The fraction of sp³-hybridized carbons (Fsp3) is 0.400. The van der Waals surface area contributed by atoms with E-state index in [1.807, 2.05) is 13.0 Å². The van der Waals surface area contributed by atoms with Gasteiger partial charge in [-0.15, -0.1) is 0 Å². The van der Waals surface area contributed by atoms with Crippen molar-refractivity contribution >= 4 is 17.3 Å². The van der Waals surface area contributed by atoms with E-state index in [0.717, 1.165) is 42.0 Å². The maximum Gasteiger partial charge on any atom is 0.152 e. The fourth-order valence-electron chi connectivity index (χ4n) is 2.05. The molecule has 2 aromatic rings. The number of H-pyrrole nitrogens is 1. The van der Waals surface area contributed by atoms with Crippen LogP contribution in [0.2, 0.25) is 5.15 Å². The molecule has 0 saturated carbocycles. The summed E-state index contributed by atoms with van der Waals surface area (Å²) in [6.07, 6.45) is 3.10. The molecule has 0 radical (unpaired) electrons. The summed E-state index contributed by atoms with van der Waals surface area (Å²) in [5, 5.41) is 3.64. The molecule has 20 heavy (non-hydrogen) atoms. The van der Waals surface area contributed by atoms with Crippen molar-refractivity contribution in [1.82, 2.24) is 9.97 Å². The van der Waals surface area contributed by atoms with Gasteiger partial charge in [0, 0.05) is 12.1 Å². The predicted molar refractivity (Wildman–Crippen MR) is 80.7 cm³/mol. The van der Waals surface area contributed by atoms with Gasteiger partial charge in [0.15, 0.2) is 5.15 Å². The van der Waals surface area contributed by atoms with Crippen molar-refractivity contribution in [2.75, 3.05) is 5.32 Å². The van der Waals surface area contributed by atoms with Crippen LogP contribution in [0.4, 0.5) is 10.1 Å². The molecule has 2 rings (SSSR count). The summed E-state index contributed by atoms with van der Waals surface area (Å²) in [6.45, 7) is 4.50. The minimum absolute atomic E-state index is 0.244. The van der Waals surface area contributed by atoms with E-state index in [1.54, 1.807) is 0 Å². The highest BCUT2D eigenvalue weighted by molar-refractivity contribution is 6.30. The van der Waals surface area contributed by atoms with E-state index in [0.29, 0.717) is 11.7 Å². The average molecular weight is 296 g/mol. The molecular weight excluding hydrogens is 277 g/mol. The summed E-state index contributed by atoms with van der Waals surface area (Å²) < 4.78 is 13.3. The van der Waals surface area contributed by atoms with Gasteiger partial charge in [-0.05, 0) is 37.1 Å². The van der Waals surface area contributed by atoms with Gasteiger partial charge in [-0.25, -0.2) is 9.37 Å². The largest absolute Gasteiger partial charge is 0.379 e. The van der Waals surface area contributed by atoms with Crippen LogP contribution in [-0.2, 0) is 13.0 Å². The van der Waals surface area contributed by atoms with Gasteiger partial charge in [0.25, 0.3) is 0 Å². The standard InChI is InChI=1S/C15H19ClFN3/c1-3-4-5-14-19-13(15(16)20-14)9-18-12-7-10(2)6-11(17)8-12/h6-8,18H,3-5,9H2,1-2H3,(H,19,20). The minimum Gasteiger partial charge on any atom is -0.379 e. The van der Waals surface area contributed by atoms with Gasteiger partial charge in [-0.2, -0.15) is 0 Å². The number of aromatic amines is 1. The van der Waals surface area contributed by atoms with Crippen LogP contribution in [0.5, 0.6) is 0 Å². The Labute approximate surface area is 123 Å². The summed E-state index contributed by atoms with van der Waals surface area (Å²) in [5.74, 6) is 0.663. The summed E-state index contributed by atoms with van der Waals surface area (Å²) in [4.78, 5) is 7.51. The Morgan fingerprint density at radius 3 is 2.85 bits per heavy atom. The zero-order chi connectivity index (χ0) is 14.5. The molecule has 108 valence electrons. The lowest BCUT2D eigenvalue weighted by molar-refractivity contribution is 0.627. The molecule has 1 aromatic heterocycles. The third-order valence-electron chi connectivity index (χ3n) is 3.06. The fourth-order valence-corrected chi connectivity index (χ4v) is 2.26. The Bertz CT molecular complexity index is 560. The molecule has 2 N–H and O–H groups in total. The molecule has 0 aliphatic rings. The maximum absolute atomic E-state index is 13.3. The highest BCUT2D eigenvalue weighted by Crippen LogP contribution is 2.18. The lowest BCUT2D eigenvalue weighted by Gasteiger charge is -2.06. The monoisotopic (exact) mass is 295 g/mol. The molecule has 3 nitrogen and oxygen atoms in total. The van der Waals surface area contributed by atoms with E-state index in [9.17, 15) is 4.39 Å². The second-order valence-corrected chi connectivity index (χ2v) is 5.29. The van der Waals surface area contributed by atoms with Crippen molar-refractivity contribution < 1.29 is 4.39 Å². The van der Waals surface area contributed by atoms with Gasteiger partial charge in [0.05, 0.1) is 12.2 Å². The lowest BCUT2D eigenvalue weighted by Crippen LogP contribution is -2.01. The predicted octanol–water partition coefficient (Wildman–Crippen LogP) is 4.47. The van der Waals surface area contributed by atoms with Crippen molar-refractivity contribution in [2.45, 2.75) is 39.7 Å². The van der Waals surface area contributed by atoms with Crippen LogP contribution in [0.3, 0.4) is 0 Å². The molecule has 0 aliphatic heterocycles. The number of nitrogens with one attached hydrogen (secondary N) is 2. The number of anilines is 1. The summed E-state index contributed by atoms with van der Waals surface area (Å²) in [6, 6.07) is 4.86. The van der Waals surface area contributed by atoms with Crippen LogP contribution < -0.4 is 5.32 Å². The number of aromatic nitrogens is 2. The van der Waals surface area contributed by atoms with Crippen LogP contribution in [0, 0.1) is 12.7 Å². The molecule has 0 bridgehead atoms. The van der Waals surface area contributed by atoms with E-state index in [4.69, 9.17) is 11.6 Å². The first-order chi connectivity index (χ1) is 9.58. The number of rotatable bonds is 6. The maximum atomic E-state index is 13.3. The van der Waals surface area contributed by atoms with E-state index < -0.39 is 0 Å². The zero-order valence-electron chi connectivity index (χ0n) is 11.8. The van der Waals surface area contributed by atoms with Gasteiger partial charge < -0.3 is 10.3 Å². The number of hydrogen-bond donors (Lipinski definition) is 2.